The van der Waals surface area contributed by atoms with E-state index in [4.69, 9.17) is 17.3 Å². The molecule has 112 valence electrons. The van der Waals surface area contributed by atoms with E-state index in [0.29, 0.717) is 19.0 Å². The van der Waals surface area contributed by atoms with E-state index in [2.05, 4.69) is 6.92 Å². The van der Waals surface area contributed by atoms with Crippen LogP contribution in [0.25, 0.3) is 0 Å². The lowest BCUT2D eigenvalue weighted by atomic mass is 9.90. The summed E-state index contributed by atoms with van der Waals surface area (Å²) in [5.74, 6) is -0.249. The Labute approximate surface area is 123 Å². The number of benzene rings is 1. The predicted octanol–water partition coefficient (Wildman–Crippen LogP) is 2.73. The van der Waals surface area contributed by atoms with Crippen LogP contribution in [-0.2, 0) is 10.0 Å². The summed E-state index contributed by atoms with van der Waals surface area (Å²) in [6, 6.07) is 2.33. The van der Waals surface area contributed by atoms with Crippen molar-refractivity contribution in [1.29, 1.82) is 0 Å². The number of nitrogens with two attached hydrogens (primary N) is 1. The maximum atomic E-state index is 14.0. The third kappa shape index (κ3) is 2.77. The number of piperidine rings is 1. The maximum Gasteiger partial charge on any atom is 0.246 e. The van der Waals surface area contributed by atoms with E-state index in [0.717, 1.165) is 12.5 Å². The molecule has 0 spiro atoms. The Bertz CT molecular complexity index is 621. The number of nitrogen functional groups attached to an aromatic ring is 1. The highest BCUT2D eigenvalue weighted by Gasteiger charge is 2.34. The van der Waals surface area contributed by atoms with Gasteiger partial charge in [-0.05, 0) is 30.4 Å². The van der Waals surface area contributed by atoms with Gasteiger partial charge in [-0.2, -0.15) is 4.31 Å². The van der Waals surface area contributed by atoms with Gasteiger partial charge in [0.2, 0.25) is 10.0 Å². The van der Waals surface area contributed by atoms with Crippen LogP contribution in [0.5, 0.6) is 0 Å². The van der Waals surface area contributed by atoms with Gasteiger partial charge in [-0.15, -0.1) is 0 Å². The van der Waals surface area contributed by atoms with Crippen LogP contribution in [0.4, 0.5) is 10.1 Å². The molecule has 2 N–H and O–H groups in total. The van der Waals surface area contributed by atoms with Crippen molar-refractivity contribution in [2.75, 3.05) is 18.8 Å². The van der Waals surface area contributed by atoms with Crippen LogP contribution >= 0.6 is 11.6 Å². The molecule has 0 amide bonds. The number of sulfonamides is 1. The van der Waals surface area contributed by atoms with Crippen molar-refractivity contribution in [1.82, 2.24) is 4.31 Å². The van der Waals surface area contributed by atoms with Crippen LogP contribution in [0, 0.1) is 17.7 Å². The second kappa shape index (κ2) is 5.50. The Morgan fingerprint density at radius 2 is 2.00 bits per heavy atom. The fraction of sp³-hybridized carbons (Fsp3) is 0.538. The van der Waals surface area contributed by atoms with Crippen LogP contribution < -0.4 is 5.73 Å². The average Bonchev–Trinajstić information content (AvgIpc) is 2.36. The van der Waals surface area contributed by atoms with E-state index in [-0.39, 0.29) is 16.6 Å². The number of hydrogen-bond acceptors (Lipinski definition) is 3. The lowest BCUT2D eigenvalue weighted by Gasteiger charge is -2.34. The van der Waals surface area contributed by atoms with Gasteiger partial charge in [0.25, 0.3) is 0 Å². The molecule has 1 aliphatic heterocycles. The van der Waals surface area contributed by atoms with Crippen molar-refractivity contribution < 1.29 is 12.8 Å². The highest BCUT2D eigenvalue weighted by molar-refractivity contribution is 7.89. The van der Waals surface area contributed by atoms with Crippen LogP contribution in [0.2, 0.25) is 5.02 Å². The zero-order chi connectivity index (χ0) is 15.1. The van der Waals surface area contributed by atoms with E-state index in [1.165, 1.54) is 10.4 Å². The van der Waals surface area contributed by atoms with Crippen molar-refractivity contribution in [2.24, 2.45) is 11.8 Å². The number of rotatable bonds is 2. The standard InChI is InChI=1S/C13H18ClFN2O2S/c1-8-3-4-17(7-9(8)2)20(18,19)12-6-10(16)5-11(14)13(12)15/h5-6,8-9H,3-4,7,16H2,1-2H3. The second-order valence-electron chi connectivity index (χ2n) is 5.42. The SMILES string of the molecule is CC1CCN(S(=O)(=O)c2cc(N)cc(Cl)c2F)CC1C. The van der Waals surface area contributed by atoms with Crippen LogP contribution in [0.1, 0.15) is 20.3 Å². The summed E-state index contributed by atoms with van der Waals surface area (Å²) in [5.41, 5.74) is 5.70. The monoisotopic (exact) mass is 320 g/mol. The number of hydrogen-bond donors (Lipinski definition) is 1. The molecule has 20 heavy (non-hydrogen) atoms. The number of nitrogens with zero attached hydrogens (tertiary/aromatic N) is 1. The molecule has 4 nitrogen and oxygen atoms in total. The molecular formula is C13H18ClFN2O2S. The van der Waals surface area contributed by atoms with E-state index in [1.54, 1.807) is 0 Å². The molecule has 1 aromatic rings. The van der Waals surface area contributed by atoms with Gasteiger partial charge < -0.3 is 5.73 Å². The summed E-state index contributed by atoms with van der Waals surface area (Å²) in [6.45, 7) is 4.86. The largest absolute Gasteiger partial charge is 0.399 e. The van der Waals surface area contributed by atoms with E-state index < -0.39 is 20.7 Å². The minimum atomic E-state index is -3.90. The molecule has 2 rings (SSSR count). The van der Waals surface area contributed by atoms with Crippen LogP contribution in [0.15, 0.2) is 17.0 Å². The van der Waals surface area contributed by atoms with Gasteiger partial charge in [0, 0.05) is 18.8 Å². The number of anilines is 1. The van der Waals surface area contributed by atoms with Gasteiger partial charge in [0.1, 0.15) is 4.90 Å². The maximum absolute atomic E-state index is 14.0. The lowest BCUT2D eigenvalue weighted by molar-refractivity contribution is 0.212. The molecule has 0 radical (unpaired) electrons. The molecule has 1 fully saturated rings. The summed E-state index contributed by atoms with van der Waals surface area (Å²) < 4.78 is 40.4. The second-order valence-corrected chi connectivity index (χ2v) is 7.73. The molecule has 7 heteroatoms. The van der Waals surface area contributed by atoms with Gasteiger partial charge in [0.15, 0.2) is 5.82 Å². The summed E-state index contributed by atoms with van der Waals surface area (Å²) in [5, 5.41) is -0.276. The van der Waals surface area contributed by atoms with Gasteiger partial charge in [-0.1, -0.05) is 25.4 Å². The molecule has 2 atom stereocenters. The lowest BCUT2D eigenvalue weighted by Crippen LogP contribution is -2.42. The highest BCUT2D eigenvalue weighted by Crippen LogP contribution is 2.31. The Kier molecular flexibility index (Phi) is 4.27. The molecule has 1 aromatic carbocycles. The Balaban J connectivity index is 2.41. The van der Waals surface area contributed by atoms with Crippen molar-refractivity contribution in [3.63, 3.8) is 0 Å². The zero-order valence-corrected chi connectivity index (χ0v) is 13.0. The molecule has 0 aliphatic carbocycles. The first kappa shape index (κ1) is 15.5. The third-order valence-electron chi connectivity index (χ3n) is 3.93. The minimum absolute atomic E-state index is 0.133. The summed E-state index contributed by atoms with van der Waals surface area (Å²) in [7, 11) is -3.90. The molecular weight excluding hydrogens is 303 g/mol. The Morgan fingerprint density at radius 1 is 1.35 bits per heavy atom. The molecule has 1 saturated heterocycles. The van der Waals surface area contributed by atoms with E-state index in [1.807, 2.05) is 6.92 Å². The average molecular weight is 321 g/mol. The predicted molar refractivity (Wildman–Crippen MR) is 77.5 cm³/mol. The summed E-state index contributed by atoms with van der Waals surface area (Å²) >= 11 is 5.68. The highest BCUT2D eigenvalue weighted by atomic mass is 35.5. The van der Waals surface area contributed by atoms with Crippen molar-refractivity contribution in [3.8, 4) is 0 Å². The van der Waals surface area contributed by atoms with Crippen molar-refractivity contribution in [3.05, 3.63) is 23.0 Å². The van der Waals surface area contributed by atoms with E-state index >= 15 is 0 Å². The molecule has 1 aliphatic rings. The normalized spacial score (nSPS) is 24.8. The molecule has 0 aromatic heterocycles. The quantitative estimate of drug-likeness (QED) is 0.852. The Hall–Kier alpha value is -0.850. The molecule has 0 bridgehead atoms. The topological polar surface area (TPSA) is 63.4 Å². The van der Waals surface area contributed by atoms with Crippen molar-refractivity contribution in [2.45, 2.75) is 25.2 Å². The van der Waals surface area contributed by atoms with Crippen LogP contribution in [0.3, 0.4) is 0 Å². The third-order valence-corrected chi connectivity index (χ3v) is 6.07. The molecule has 0 saturated carbocycles. The van der Waals surface area contributed by atoms with Crippen molar-refractivity contribution >= 4 is 27.3 Å². The first-order chi connectivity index (χ1) is 9.23. The fourth-order valence-electron chi connectivity index (χ4n) is 2.35. The molecule has 1 heterocycles. The van der Waals surface area contributed by atoms with E-state index in [9.17, 15) is 12.8 Å². The summed E-state index contributed by atoms with van der Waals surface area (Å²) in [4.78, 5) is -0.441. The minimum Gasteiger partial charge on any atom is -0.399 e. The zero-order valence-electron chi connectivity index (χ0n) is 11.4. The summed E-state index contributed by atoms with van der Waals surface area (Å²) in [6.07, 6.45) is 0.762. The van der Waals surface area contributed by atoms with Gasteiger partial charge >= 0.3 is 0 Å². The number of halogens is 2. The fourth-order valence-corrected chi connectivity index (χ4v) is 4.31. The first-order valence-corrected chi connectivity index (χ1v) is 8.30. The smallest absolute Gasteiger partial charge is 0.246 e. The Morgan fingerprint density at radius 3 is 2.60 bits per heavy atom. The van der Waals surface area contributed by atoms with Gasteiger partial charge in [0.05, 0.1) is 5.02 Å². The van der Waals surface area contributed by atoms with Crippen LogP contribution in [-0.4, -0.2) is 25.8 Å². The molecule has 2 unspecified atom stereocenters. The van der Waals surface area contributed by atoms with Gasteiger partial charge in [-0.3, -0.25) is 0 Å². The van der Waals surface area contributed by atoms with Gasteiger partial charge in [-0.25, -0.2) is 12.8 Å². The first-order valence-electron chi connectivity index (χ1n) is 6.48.